The molecule has 0 aliphatic heterocycles. The van der Waals surface area contributed by atoms with E-state index in [2.05, 4.69) is 16.7 Å². The normalized spacial score (nSPS) is 13.2. The number of rotatable bonds is 8. The van der Waals surface area contributed by atoms with Crippen LogP contribution in [0, 0.1) is 0 Å². The van der Waals surface area contributed by atoms with Crippen LogP contribution in [0.1, 0.15) is 0 Å². The fourth-order valence-corrected chi connectivity index (χ4v) is 1.51. The third-order valence-electron chi connectivity index (χ3n) is 2.55. The number of carbonyl (C=O) groups excluding carboxylic acids is 2. The fraction of sp³-hybridized carbons (Fsp3) is 0.364. The van der Waals surface area contributed by atoms with Crippen LogP contribution in [0.2, 0.25) is 0 Å². The van der Waals surface area contributed by atoms with Crippen LogP contribution >= 0.6 is 0 Å². The van der Waals surface area contributed by atoms with Crippen molar-refractivity contribution in [2.24, 2.45) is 4.99 Å². The summed E-state index contributed by atoms with van der Waals surface area (Å²) in [5, 5.41) is 8.88. The Bertz CT molecular complexity index is 636. The molecule has 0 fully saturated rings. The van der Waals surface area contributed by atoms with Gasteiger partial charge in [-0.3, -0.25) is 24.5 Å². The number of carbonyl (C=O) groups is 2. The van der Waals surface area contributed by atoms with Crippen LogP contribution in [0.4, 0.5) is 11.5 Å². The number of H-pyrrole nitrogens is 2. The lowest BCUT2D eigenvalue weighted by Gasteiger charge is -2.27. The number of aldehydes is 2. The Morgan fingerprint density at radius 2 is 2.05 bits per heavy atom. The van der Waals surface area contributed by atoms with Crippen LogP contribution in [0.15, 0.2) is 14.6 Å². The molecular weight excluding hydrogens is 284 g/mol. The van der Waals surface area contributed by atoms with Crippen molar-refractivity contribution in [1.29, 1.82) is 0 Å². The highest BCUT2D eigenvalue weighted by Crippen LogP contribution is 2.20. The highest BCUT2D eigenvalue weighted by molar-refractivity contribution is 5.69. The average molecular weight is 298 g/mol. The van der Waals surface area contributed by atoms with E-state index in [9.17, 15) is 19.2 Å². The second kappa shape index (κ2) is 7.26. The van der Waals surface area contributed by atoms with Crippen molar-refractivity contribution >= 4 is 30.8 Å². The zero-order valence-electron chi connectivity index (χ0n) is 11.1. The lowest BCUT2D eigenvalue weighted by Crippen LogP contribution is -2.42. The van der Waals surface area contributed by atoms with Crippen LogP contribution < -0.4 is 16.1 Å². The molecule has 1 aromatic heterocycles. The SMILES string of the molecule is C=Nc1c(N(C)[C@@H](C=O)O[C@@H](C=O)CO)[nH]c(=O)[nH]c1=O. The molecule has 2 atom stereocenters. The van der Waals surface area contributed by atoms with Gasteiger partial charge in [0.1, 0.15) is 11.9 Å². The maximum absolute atomic E-state index is 11.6. The van der Waals surface area contributed by atoms with Crippen molar-refractivity contribution in [2.75, 3.05) is 18.6 Å². The molecule has 0 radical (unpaired) electrons. The van der Waals surface area contributed by atoms with E-state index in [1.54, 1.807) is 0 Å². The van der Waals surface area contributed by atoms with E-state index < -0.39 is 30.2 Å². The van der Waals surface area contributed by atoms with Gasteiger partial charge >= 0.3 is 5.69 Å². The fourth-order valence-electron chi connectivity index (χ4n) is 1.51. The first-order chi connectivity index (χ1) is 9.98. The third kappa shape index (κ3) is 3.70. The van der Waals surface area contributed by atoms with Crippen LogP contribution in [-0.4, -0.2) is 60.4 Å². The van der Waals surface area contributed by atoms with Crippen molar-refractivity contribution in [3.05, 3.63) is 20.8 Å². The Kier molecular flexibility index (Phi) is 5.69. The molecule has 0 spiro atoms. The number of likely N-dealkylation sites (N-methyl/N-ethyl adjacent to an activating group) is 1. The molecule has 114 valence electrons. The minimum absolute atomic E-state index is 0.113. The Morgan fingerprint density at radius 1 is 1.38 bits per heavy atom. The van der Waals surface area contributed by atoms with Crippen LogP contribution in [0.3, 0.4) is 0 Å². The van der Waals surface area contributed by atoms with Gasteiger partial charge in [-0.1, -0.05) is 0 Å². The van der Waals surface area contributed by atoms with E-state index in [1.807, 2.05) is 4.98 Å². The molecule has 0 aliphatic rings. The third-order valence-corrected chi connectivity index (χ3v) is 2.55. The summed E-state index contributed by atoms with van der Waals surface area (Å²) in [5.74, 6) is -0.113. The van der Waals surface area contributed by atoms with E-state index in [-0.39, 0.29) is 11.5 Å². The average Bonchev–Trinajstić information content (AvgIpc) is 2.47. The predicted octanol–water partition coefficient (Wildman–Crippen LogP) is -2.07. The summed E-state index contributed by atoms with van der Waals surface area (Å²) in [6.45, 7) is 2.57. The molecule has 1 aromatic rings. The molecule has 3 N–H and O–H groups in total. The van der Waals surface area contributed by atoms with Crippen molar-refractivity contribution in [3.63, 3.8) is 0 Å². The highest BCUT2D eigenvalue weighted by atomic mass is 16.5. The minimum Gasteiger partial charge on any atom is -0.393 e. The predicted molar refractivity (Wildman–Crippen MR) is 73.2 cm³/mol. The van der Waals surface area contributed by atoms with Crippen LogP contribution in [0.5, 0.6) is 0 Å². The highest BCUT2D eigenvalue weighted by Gasteiger charge is 2.23. The van der Waals surface area contributed by atoms with Gasteiger partial charge in [0.2, 0.25) is 0 Å². The zero-order valence-corrected chi connectivity index (χ0v) is 11.1. The van der Waals surface area contributed by atoms with E-state index in [0.717, 1.165) is 4.90 Å². The molecule has 1 rings (SSSR count). The Hall–Kier alpha value is -2.59. The molecule has 0 bridgehead atoms. The first-order valence-electron chi connectivity index (χ1n) is 5.71. The van der Waals surface area contributed by atoms with Crippen molar-refractivity contribution in [1.82, 2.24) is 9.97 Å². The number of nitrogens with one attached hydrogen (secondary N) is 2. The number of nitrogens with zero attached hydrogens (tertiary/aromatic N) is 2. The minimum atomic E-state index is -1.33. The molecule has 1 heterocycles. The lowest BCUT2D eigenvalue weighted by molar-refractivity contribution is -0.132. The zero-order chi connectivity index (χ0) is 16.0. The Balaban J connectivity index is 3.22. The van der Waals surface area contributed by atoms with Gasteiger partial charge in [0, 0.05) is 7.05 Å². The first-order valence-corrected chi connectivity index (χ1v) is 5.71. The number of aromatic amines is 2. The van der Waals surface area contributed by atoms with E-state index >= 15 is 0 Å². The number of aliphatic imine (C=N–C) groups is 1. The molecule has 0 saturated heterocycles. The summed E-state index contributed by atoms with van der Waals surface area (Å²) < 4.78 is 5.04. The van der Waals surface area contributed by atoms with Gasteiger partial charge in [-0.25, -0.2) is 4.79 Å². The summed E-state index contributed by atoms with van der Waals surface area (Å²) in [6.07, 6.45) is -1.90. The molecule has 10 nitrogen and oxygen atoms in total. The number of anilines is 1. The van der Waals surface area contributed by atoms with Gasteiger partial charge in [-0.05, 0) is 6.72 Å². The topological polar surface area (TPSA) is 145 Å². The second-order valence-electron chi connectivity index (χ2n) is 3.89. The van der Waals surface area contributed by atoms with Gasteiger partial charge in [0.15, 0.2) is 24.5 Å². The van der Waals surface area contributed by atoms with Gasteiger partial charge in [0.25, 0.3) is 5.56 Å². The summed E-state index contributed by atoms with van der Waals surface area (Å²) >= 11 is 0. The number of aliphatic hydroxyl groups is 1. The quantitative estimate of drug-likeness (QED) is 0.284. The largest absolute Gasteiger partial charge is 0.393 e. The van der Waals surface area contributed by atoms with Crippen molar-refractivity contribution < 1.29 is 19.4 Å². The van der Waals surface area contributed by atoms with E-state index in [0.29, 0.717) is 12.6 Å². The number of hydrogen-bond donors (Lipinski definition) is 3. The van der Waals surface area contributed by atoms with Crippen LogP contribution in [0.25, 0.3) is 0 Å². The molecular formula is C11H14N4O6. The molecule has 0 saturated carbocycles. The Labute approximate surface area is 118 Å². The van der Waals surface area contributed by atoms with Gasteiger partial charge in [-0.2, -0.15) is 0 Å². The number of hydrogen-bond acceptors (Lipinski definition) is 8. The first kappa shape index (κ1) is 16.5. The molecule has 0 amide bonds. The summed E-state index contributed by atoms with van der Waals surface area (Å²) in [4.78, 5) is 53.4. The molecule has 21 heavy (non-hydrogen) atoms. The maximum atomic E-state index is 11.6. The van der Waals surface area contributed by atoms with Crippen LogP contribution in [-0.2, 0) is 14.3 Å². The summed E-state index contributed by atoms with van der Waals surface area (Å²) in [6, 6.07) is 0. The summed E-state index contributed by atoms with van der Waals surface area (Å²) in [5.41, 5.74) is -1.83. The molecule has 0 unspecified atom stereocenters. The number of ether oxygens (including phenoxy) is 1. The van der Waals surface area contributed by atoms with E-state index in [4.69, 9.17) is 9.84 Å². The smallest absolute Gasteiger partial charge is 0.327 e. The molecule has 0 aliphatic carbocycles. The number of aliphatic hydroxyl groups excluding tert-OH is 1. The molecule has 10 heteroatoms. The number of aromatic nitrogens is 2. The Morgan fingerprint density at radius 3 is 2.52 bits per heavy atom. The van der Waals surface area contributed by atoms with E-state index in [1.165, 1.54) is 7.05 Å². The molecule has 0 aromatic carbocycles. The maximum Gasteiger partial charge on any atom is 0.327 e. The van der Waals surface area contributed by atoms with Gasteiger partial charge < -0.3 is 19.5 Å². The van der Waals surface area contributed by atoms with Crippen molar-refractivity contribution in [3.8, 4) is 0 Å². The second-order valence-corrected chi connectivity index (χ2v) is 3.89. The summed E-state index contributed by atoms with van der Waals surface area (Å²) in [7, 11) is 1.33. The standard InChI is InChI=1S/C11H14N4O6/c1-12-8-9(13-11(20)14-10(8)19)15(2)7(5-18)21-6(3-16)4-17/h3,5-7,17H,1,4H2,2H3,(H2,13,14,19,20)/t6-,7+/m0/s1. The monoisotopic (exact) mass is 298 g/mol. The van der Waals surface area contributed by atoms with Gasteiger partial charge in [0.05, 0.1) is 6.61 Å². The lowest BCUT2D eigenvalue weighted by atomic mass is 10.4. The van der Waals surface area contributed by atoms with Crippen molar-refractivity contribution in [2.45, 2.75) is 12.3 Å². The van der Waals surface area contributed by atoms with Gasteiger partial charge in [-0.15, -0.1) is 0 Å².